The molecule has 92 valence electrons. The quantitative estimate of drug-likeness (QED) is 0.869. The van der Waals surface area contributed by atoms with Crippen LogP contribution in [0.4, 0.5) is 5.82 Å². The summed E-state index contributed by atoms with van der Waals surface area (Å²) in [6.07, 6.45) is 9.38. The second kappa shape index (κ2) is 4.63. The first-order valence-corrected chi connectivity index (χ1v) is 6.89. The lowest BCUT2D eigenvalue weighted by Crippen LogP contribution is -2.14. The van der Waals surface area contributed by atoms with E-state index in [-0.39, 0.29) is 0 Å². The first kappa shape index (κ1) is 11.0. The van der Waals surface area contributed by atoms with E-state index in [4.69, 9.17) is 0 Å². The van der Waals surface area contributed by atoms with Crippen molar-refractivity contribution < 1.29 is 0 Å². The van der Waals surface area contributed by atoms with Crippen molar-refractivity contribution in [2.75, 3.05) is 11.9 Å². The fourth-order valence-corrected chi connectivity index (χ4v) is 3.26. The third-order valence-corrected chi connectivity index (χ3v) is 4.24. The lowest BCUT2D eigenvalue weighted by molar-refractivity contribution is 0.536. The van der Waals surface area contributed by atoms with Crippen molar-refractivity contribution in [3.63, 3.8) is 0 Å². The van der Waals surface area contributed by atoms with Crippen LogP contribution in [0.3, 0.4) is 0 Å². The van der Waals surface area contributed by atoms with E-state index in [2.05, 4.69) is 22.2 Å². The summed E-state index contributed by atoms with van der Waals surface area (Å²) in [5.74, 6) is 2.86. The van der Waals surface area contributed by atoms with Crippen LogP contribution in [0.5, 0.6) is 0 Å². The summed E-state index contributed by atoms with van der Waals surface area (Å²) >= 11 is 0. The van der Waals surface area contributed by atoms with Gasteiger partial charge in [-0.1, -0.05) is 13.3 Å². The van der Waals surface area contributed by atoms with Gasteiger partial charge in [0.05, 0.1) is 0 Å². The van der Waals surface area contributed by atoms with Crippen LogP contribution in [0.2, 0.25) is 0 Å². The predicted molar refractivity (Wildman–Crippen MR) is 69.1 cm³/mol. The third-order valence-electron chi connectivity index (χ3n) is 4.24. The molecule has 1 saturated carbocycles. The number of hydrogen-bond acceptors (Lipinski definition) is 3. The maximum atomic E-state index is 4.41. The van der Waals surface area contributed by atoms with Gasteiger partial charge in [0.1, 0.15) is 12.1 Å². The van der Waals surface area contributed by atoms with Gasteiger partial charge in [0.2, 0.25) is 0 Å². The monoisotopic (exact) mass is 231 g/mol. The summed E-state index contributed by atoms with van der Waals surface area (Å²) in [5, 5.41) is 3.56. The molecule has 2 unspecified atom stereocenters. The zero-order valence-electron chi connectivity index (χ0n) is 10.6. The fraction of sp³-hybridized carbons (Fsp3) is 0.714. The van der Waals surface area contributed by atoms with E-state index >= 15 is 0 Å². The molecule has 3 nitrogen and oxygen atoms in total. The summed E-state index contributed by atoms with van der Waals surface area (Å²) in [6, 6.07) is 0. The van der Waals surface area contributed by atoms with Crippen LogP contribution in [0.1, 0.15) is 43.9 Å². The van der Waals surface area contributed by atoms with Gasteiger partial charge in [-0.15, -0.1) is 0 Å². The Kier molecular flexibility index (Phi) is 3.00. The summed E-state index contributed by atoms with van der Waals surface area (Å²) < 4.78 is 0. The largest absolute Gasteiger partial charge is 0.369 e. The van der Waals surface area contributed by atoms with Crippen LogP contribution in [0.15, 0.2) is 6.33 Å². The third kappa shape index (κ3) is 2.28. The van der Waals surface area contributed by atoms with Gasteiger partial charge in [0.25, 0.3) is 0 Å². The molecule has 1 heterocycles. The number of nitrogens with one attached hydrogen (secondary N) is 1. The second-order valence-electron chi connectivity index (χ2n) is 5.67. The highest BCUT2D eigenvalue weighted by Crippen LogP contribution is 2.31. The van der Waals surface area contributed by atoms with E-state index in [1.54, 1.807) is 6.33 Å². The van der Waals surface area contributed by atoms with E-state index in [0.29, 0.717) is 0 Å². The zero-order chi connectivity index (χ0) is 11.7. The predicted octanol–water partition coefficient (Wildman–Crippen LogP) is 2.81. The minimum Gasteiger partial charge on any atom is -0.369 e. The van der Waals surface area contributed by atoms with Gasteiger partial charge in [0, 0.05) is 17.8 Å². The summed E-state index contributed by atoms with van der Waals surface area (Å²) in [4.78, 5) is 8.77. The number of rotatable bonds is 3. The lowest BCUT2D eigenvalue weighted by atomic mass is 10.1. The molecule has 1 fully saturated rings. The molecule has 0 spiro atoms. The van der Waals surface area contributed by atoms with E-state index in [1.165, 1.54) is 36.9 Å². The van der Waals surface area contributed by atoms with Crippen LogP contribution < -0.4 is 5.32 Å². The Morgan fingerprint density at radius 3 is 3.06 bits per heavy atom. The Morgan fingerprint density at radius 1 is 1.29 bits per heavy atom. The van der Waals surface area contributed by atoms with Gasteiger partial charge in [-0.2, -0.15) is 0 Å². The Labute approximate surface area is 103 Å². The van der Waals surface area contributed by atoms with Crippen LogP contribution >= 0.6 is 0 Å². The van der Waals surface area contributed by atoms with Crippen LogP contribution in [0.25, 0.3) is 0 Å². The summed E-state index contributed by atoms with van der Waals surface area (Å²) in [6.45, 7) is 3.45. The van der Waals surface area contributed by atoms with Gasteiger partial charge in [-0.3, -0.25) is 0 Å². The molecule has 0 amide bonds. The Bertz CT molecular complexity index is 402. The molecule has 1 aromatic rings. The molecule has 0 aliphatic heterocycles. The van der Waals surface area contributed by atoms with Gasteiger partial charge in [-0.05, 0) is 43.9 Å². The van der Waals surface area contributed by atoms with Crippen LogP contribution in [-0.2, 0) is 12.8 Å². The molecular weight excluding hydrogens is 210 g/mol. The van der Waals surface area contributed by atoms with Crippen LogP contribution in [0, 0.1) is 11.8 Å². The summed E-state index contributed by atoms with van der Waals surface area (Å²) in [7, 11) is 0. The number of hydrogen-bond donors (Lipinski definition) is 1. The van der Waals surface area contributed by atoms with Gasteiger partial charge >= 0.3 is 0 Å². The molecule has 2 aliphatic carbocycles. The number of nitrogens with zero attached hydrogens (tertiary/aromatic N) is 2. The summed E-state index contributed by atoms with van der Waals surface area (Å²) in [5.41, 5.74) is 2.64. The number of aromatic nitrogens is 2. The SMILES string of the molecule is CC1CCC(CNc2ncnc3c2CCC3)C1. The molecule has 0 aromatic carbocycles. The van der Waals surface area contributed by atoms with Crippen molar-refractivity contribution in [1.29, 1.82) is 0 Å². The Morgan fingerprint density at radius 2 is 2.24 bits per heavy atom. The molecule has 0 saturated heterocycles. The first-order chi connectivity index (χ1) is 8.33. The molecular formula is C14H21N3. The average molecular weight is 231 g/mol. The average Bonchev–Trinajstić information content (AvgIpc) is 2.94. The van der Waals surface area contributed by atoms with E-state index in [9.17, 15) is 0 Å². The number of aryl methyl sites for hydroxylation is 1. The standard InChI is InChI=1S/C14H21N3/c1-10-5-6-11(7-10)8-15-14-12-3-2-4-13(12)16-9-17-14/h9-11H,2-8H2,1H3,(H,15,16,17). The highest BCUT2D eigenvalue weighted by molar-refractivity contribution is 5.47. The fourth-order valence-electron chi connectivity index (χ4n) is 3.26. The van der Waals surface area contributed by atoms with Crippen LogP contribution in [-0.4, -0.2) is 16.5 Å². The van der Waals surface area contributed by atoms with Gasteiger partial charge in [-0.25, -0.2) is 9.97 Å². The Balaban J connectivity index is 1.64. The number of anilines is 1. The van der Waals surface area contributed by atoms with E-state index < -0.39 is 0 Å². The maximum absolute atomic E-state index is 4.41. The molecule has 0 radical (unpaired) electrons. The van der Waals surface area contributed by atoms with Crippen molar-refractivity contribution in [2.24, 2.45) is 11.8 Å². The molecule has 1 aromatic heterocycles. The van der Waals surface area contributed by atoms with E-state index in [1.807, 2.05) is 0 Å². The lowest BCUT2D eigenvalue weighted by Gasteiger charge is -2.13. The molecule has 0 bridgehead atoms. The normalized spacial score (nSPS) is 27.1. The molecule has 1 N–H and O–H groups in total. The maximum Gasteiger partial charge on any atom is 0.132 e. The molecule has 3 rings (SSSR count). The highest BCUT2D eigenvalue weighted by Gasteiger charge is 2.22. The Hall–Kier alpha value is -1.12. The number of fused-ring (bicyclic) bond motifs is 1. The molecule has 17 heavy (non-hydrogen) atoms. The smallest absolute Gasteiger partial charge is 0.132 e. The molecule has 2 aliphatic rings. The highest BCUT2D eigenvalue weighted by atomic mass is 15.0. The van der Waals surface area contributed by atoms with Crippen molar-refractivity contribution >= 4 is 5.82 Å². The van der Waals surface area contributed by atoms with Crippen molar-refractivity contribution in [2.45, 2.75) is 45.4 Å². The van der Waals surface area contributed by atoms with Gasteiger partial charge in [0.15, 0.2) is 0 Å². The minimum absolute atomic E-state index is 0.844. The second-order valence-corrected chi connectivity index (χ2v) is 5.67. The molecule has 3 heteroatoms. The minimum atomic E-state index is 0.844. The van der Waals surface area contributed by atoms with Gasteiger partial charge < -0.3 is 5.32 Å². The topological polar surface area (TPSA) is 37.8 Å². The van der Waals surface area contributed by atoms with Crippen molar-refractivity contribution in [3.05, 3.63) is 17.6 Å². The molecule has 2 atom stereocenters. The van der Waals surface area contributed by atoms with Crippen molar-refractivity contribution in [3.8, 4) is 0 Å². The zero-order valence-corrected chi connectivity index (χ0v) is 10.6. The van der Waals surface area contributed by atoms with Crippen molar-refractivity contribution in [1.82, 2.24) is 9.97 Å². The first-order valence-electron chi connectivity index (χ1n) is 6.89. The van der Waals surface area contributed by atoms with E-state index in [0.717, 1.165) is 37.0 Å².